The van der Waals surface area contributed by atoms with E-state index in [4.69, 9.17) is 27.2 Å². The third-order valence-corrected chi connectivity index (χ3v) is 3.77. The molecule has 0 aliphatic heterocycles. The van der Waals surface area contributed by atoms with E-state index in [9.17, 15) is 9.18 Å². The number of aliphatic carboxylic acids is 1. The van der Waals surface area contributed by atoms with E-state index >= 15 is 0 Å². The Balaban J connectivity index is 0.00000280. The summed E-state index contributed by atoms with van der Waals surface area (Å²) in [5.41, 5.74) is 6.08. The first kappa shape index (κ1) is 21.5. The lowest BCUT2D eigenvalue weighted by atomic mass is 10.2. The van der Waals surface area contributed by atoms with Crippen molar-refractivity contribution in [3.05, 3.63) is 53.3 Å². The van der Waals surface area contributed by atoms with Crippen LogP contribution in [0.25, 0.3) is 11.4 Å². The third kappa shape index (κ3) is 5.62. The van der Waals surface area contributed by atoms with E-state index in [1.54, 1.807) is 30.3 Å². The Bertz CT molecular complexity index is 952. The van der Waals surface area contributed by atoms with Gasteiger partial charge in [-0.15, -0.1) is 22.6 Å². The quantitative estimate of drug-likeness (QED) is 0.594. The predicted octanol–water partition coefficient (Wildman–Crippen LogP) is 3.15. The number of nitrogens with zero attached hydrogens (tertiary/aromatic N) is 4. The normalized spacial score (nSPS) is 11.5. The molecule has 8 nitrogen and oxygen atoms in total. The smallest absolute Gasteiger partial charge is 0.304 e. The molecule has 0 aliphatic rings. The molecule has 0 amide bonds. The minimum atomic E-state index is -1.01. The number of carboxylic acid groups (broad SMARTS) is 1. The fourth-order valence-corrected chi connectivity index (χ4v) is 2.41. The summed E-state index contributed by atoms with van der Waals surface area (Å²) in [7, 11) is 0. The molecular weight excluding hydrogens is 412 g/mol. The van der Waals surface area contributed by atoms with Crippen molar-refractivity contribution in [2.24, 2.45) is 5.73 Å². The van der Waals surface area contributed by atoms with Gasteiger partial charge in [-0.25, -0.2) is 4.39 Å². The largest absolute Gasteiger partial charge is 0.481 e. The Kier molecular flexibility index (Phi) is 7.27. The van der Waals surface area contributed by atoms with Crippen LogP contribution in [0.15, 0.2) is 42.5 Å². The number of hydrogen-bond donors (Lipinski definition) is 2. The number of aromatic nitrogens is 4. The number of ether oxygens (including phenoxy) is 1. The summed E-state index contributed by atoms with van der Waals surface area (Å²) in [4.78, 5) is 11.8. The summed E-state index contributed by atoms with van der Waals surface area (Å²) < 4.78 is 19.8. The number of rotatable bonds is 7. The van der Waals surface area contributed by atoms with Crippen molar-refractivity contribution in [2.45, 2.75) is 19.0 Å². The van der Waals surface area contributed by atoms with Gasteiger partial charge < -0.3 is 15.6 Å². The first-order valence-electron chi connectivity index (χ1n) is 7.89. The van der Waals surface area contributed by atoms with Crippen LogP contribution in [0.1, 0.15) is 6.42 Å². The van der Waals surface area contributed by atoms with Crippen LogP contribution in [0.5, 0.6) is 11.5 Å². The number of halogens is 3. The average molecular weight is 428 g/mol. The van der Waals surface area contributed by atoms with Gasteiger partial charge in [0.1, 0.15) is 5.75 Å². The van der Waals surface area contributed by atoms with Gasteiger partial charge in [-0.05, 0) is 47.7 Å². The Hall–Kier alpha value is -2.75. The molecule has 28 heavy (non-hydrogen) atoms. The van der Waals surface area contributed by atoms with E-state index in [-0.39, 0.29) is 36.9 Å². The summed E-state index contributed by atoms with van der Waals surface area (Å²) in [5.74, 6) is -0.934. The van der Waals surface area contributed by atoms with Gasteiger partial charge in [0.05, 0.1) is 13.0 Å². The van der Waals surface area contributed by atoms with Crippen molar-refractivity contribution in [3.8, 4) is 22.9 Å². The van der Waals surface area contributed by atoms with Crippen molar-refractivity contribution in [1.29, 1.82) is 0 Å². The first-order chi connectivity index (χ1) is 12.9. The van der Waals surface area contributed by atoms with Gasteiger partial charge in [0.15, 0.2) is 11.6 Å². The third-order valence-electron chi connectivity index (χ3n) is 3.52. The summed E-state index contributed by atoms with van der Waals surface area (Å²) in [5, 5.41) is 21.0. The highest BCUT2D eigenvalue weighted by molar-refractivity contribution is 6.30. The SMILES string of the molecule is Cl.NC(CC(=O)O)Cn1nnc(-c2ccc(Oc3ccc(Cl)cc3)c(F)c2)n1. The molecule has 0 aliphatic carbocycles. The molecular formula is C17H16Cl2FN5O3. The second-order valence-corrected chi connectivity index (χ2v) is 6.16. The van der Waals surface area contributed by atoms with Crippen LogP contribution < -0.4 is 10.5 Å². The molecule has 148 valence electrons. The van der Waals surface area contributed by atoms with Crippen molar-refractivity contribution in [3.63, 3.8) is 0 Å². The van der Waals surface area contributed by atoms with Crippen molar-refractivity contribution >= 4 is 30.0 Å². The number of carbonyl (C=O) groups is 1. The van der Waals surface area contributed by atoms with Crippen LogP contribution in [-0.4, -0.2) is 37.3 Å². The maximum atomic E-state index is 14.3. The topological polar surface area (TPSA) is 116 Å². The molecule has 11 heteroatoms. The van der Waals surface area contributed by atoms with E-state index in [1.807, 2.05) is 0 Å². The zero-order chi connectivity index (χ0) is 19.4. The fraction of sp³-hybridized carbons (Fsp3) is 0.176. The Morgan fingerprint density at radius 3 is 2.64 bits per heavy atom. The minimum absolute atomic E-state index is 0. The van der Waals surface area contributed by atoms with Gasteiger partial charge in [0.2, 0.25) is 5.82 Å². The van der Waals surface area contributed by atoms with E-state index < -0.39 is 17.8 Å². The molecule has 1 heterocycles. The van der Waals surface area contributed by atoms with E-state index in [1.165, 1.54) is 16.9 Å². The highest BCUT2D eigenvalue weighted by Crippen LogP contribution is 2.28. The second kappa shape index (κ2) is 9.45. The van der Waals surface area contributed by atoms with E-state index in [2.05, 4.69) is 15.4 Å². The molecule has 2 aromatic carbocycles. The number of carboxylic acids is 1. The zero-order valence-electron chi connectivity index (χ0n) is 14.3. The molecule has 3 rings (SSSR count). The average Bonchev–Trinajstić information content (AvgIpc) is 3.06. The van der Waals surface area contributed by atoms with Crippen LogP contribution in [0.3, 0.4) is 0 Å². The van der Waals surface area contributed by atoms with Gasteiger partial charge >= 0.3 is 5.97 Å². The molecule has 3 N–H and O–H groups in total. The van der Waals surface area contributed by atoms with Crippen LogP contribution in [0, 0.1) is 5.82 Å². The van der Waals surface area contributed by atoms with Crippen molar-refractivity contribution in [1.82, 2.24) is 20.2 Å². The molecule has 1 unspecified atom stereocenters. The maximum Gasteiger partial charge on any atom is 0.304 e. The Labute approximate surface area is 170 Å². The van der Waals surface area contributed by atoms with Gasteiger partial charge in [-0.1, -0.05) is 11.6 Å². The summed E-state index contributed by atoms with van der Waals surface area (Å²) in [6, 6.07) is 10.1. The molecule has 0 fully saturated rings. The van der Waals surface area contributed by atoms with Crippen molar-refractivity contribution in [2.75, 3.05) is 0 Å². The Morgan fingerprint density at radius 1 is 1.29 bits per heavy atom. The highest BCUT2D eigenvalue weighted by Gasteiger charge is 2.14. The van der Waals surface area contributed by atoms with Crippen LogP contribution in [-0.2, 0) is 11.3 Å². The molecule has 0 spiro atoms. The number of hydrogen-bond acceptors (Lipinski definition) is 6. The van der Waals surface area contributed by atoms with Gasteiger partial charge in [0, 0.05) is 16.6 Å². The maximum absolute atomic E-state index is 14.3. The van der Waals surface area contributed by atoms with Crippen LogP contribution >= 0.6 is 24.0 Å². The molecule has 1 aromatic heterocycles. The lowest BCUT2D eigenvalue weighted by Gasteiger charge is -2.07. The molecule has 0 saturated carbocycles. The molecule has 0 saturated heterocycles. The standard InChI is InChI=1S/C17H15ClFN5O3.ClH/c18-11-2-4-13(5-3-11)27-15-6-1-10(7-14(15)19)17-21-23-24(22-17)9-12(20)8-16(25)26;/h1-7,12H,8-9,20H2,(H,25,26);1H. The zero-order valence-corrected chi connectivity index (χ0v) is 15.9. The van der Waals surface area contributed by atoms with Gasteiger partial charge in [-0.3, -0.25) is 4.79 Å². The summed E-state index contributed by atoms with van der Waals surface area (Å²) >= 11 is 5.80. The first-order valence-corrected chi connectivity index (χ1v) is 8.27. The lowest BCUT2D eigenvalue weighted by Crippen LogP contribution is -2.30. The monoisotopic (exact) mass is 427 g/mol. The highest BCUT2D eigenvalue weighted by atomic mass is 35.5. The van der Waals surface area contributed by atoms with Crippen molar-refractivity contribution < 1.29 is 19.0 Å². The number of tetrazole rings is 1. The van der Waals surface area contributed by atoms with Crippen LogP contribution in [0.4, 0.5) is 4.39 Å². The van der Waals surface area contributed by atoms with Crippen LogP contribution in [0.2, 0.25) is 5.02 Å². The molecule has 0 bridgehead atoms. The number of benzene rings is 2. The summed E-state index contributed by atoms with van der Waals surface area (Å²) in [6.45, 7) is 0.0829. The Morgan fingerprint density at radius 2 is 2.00 bits per heavy atom. The number of nitrogens with two attached hydrogens (primary N) is 1. The fourth-order valence-electron chi connectivity index (χ4n) is 2.29. The van der Waals surface area contributed by atoms with Gasteiger partial charge in [0.25, 0.3) is 0 Å². The molecule has 0 radical (unpaired) electrons. The minimum Gasteiger partial charge on any atom is -0.481 e. The lowest BCUT2D eigenvalue weighted by molar-refractivity contribution is -0.137. The van der Waals surface area contributed by atoms with E-state index in [0.29, 0.717) is 16.3 Å². The molecule has 1 atom stereocenters. The summed E-state index contributed by atoms with van der Waals surface area (Å²) in [6.07, 6.45) is -0.220. The van der Waals surface area contributed by atoms with Gasteiger partial charge in [-0.2, -0.15) is 4.80 Å². The second-order valence-electron chi connectivity index (χ2n) is 5.73. The predicted molar refractivity (Wildman–Crippen MR) is 102 cm³/mol. The van der Waals surface area contributed by atoms with E-state index in [0.717, 1.165) is 0 Å². The molecule has 3 aromatic rings.